The molecule has 3 N–H and O–H groups in total. The van der Waals surface area contributed by atoms with E-state index in [4.69, 9.17) is 17.3 Å². The molecule has 0 radical (unpaired) electrons. The van der Waals surface area contributed by atoms with Crippen LogP contribution >= 0.6 is 11.6 Å². The smallest absolute Gasteiger partial charge is 0.136 e. The molecular formula is C14H15ClN4. The highest BCUT2D eigenvalue weighted by Gasteiger charge is 2.27. The predicted molar refractivity (Wildman–Crippen MR) is 77.9 cm³/mol. The summed E-state index contributed by atoms with van der Waals surface area (Å²) in [5, 5.41) is 3.95. The fourth-order valence-electron chi connectivity index (χ4n) is 1.89. The molecule has 0 bridgehead atoms. The van der Waals surface area contributed by atoms with Crippen LogP contribution in [0, 0.1) is 6.92 Å². The Morgan fingerprint density at radius 2 is 2.05 bits per heavy atom. The maximum atomic E-state index is 6.11. The van der Waals surface area contributed by atoms with E-state index in [1.54, 1.807) is 6.07 Å². The summed E-state index contributed by atoms with van der Waals surface area (Å²) in [7, 11) is 0. The second kappa shape index (κ2) is 4.70. The Kier molecular flexibility index (Phi) is 3.03. The normalized spacial score (nSPS) is 14.4. The third kappa shape index (κ3) is 2.79. The van der Waals surface area contributed by atoms with Gasteiger partial charge in [-0.1, -0.05) is 17.7 Å². The Bertz CT molecular complexity index is 623. The van der Waals surface area contributed by atoms with Crippen molar-refractivity contribution < 1.29 is 0 Å². The van der Waals surface area contributed by atoms with Crippen LogP contribution in [0.4, 0.5) is 17.3 Å². The van der Waals surface area contributed by atoms with E-state index in [1.165, 1.54) is 0 Å². The molecule has 0 saturated heterocycles. The average Bonchev–Trinajstić information content (AvgIpc) is 3.17. The minimum atomic E-state index is 0.477. The number of nitrogens with one attached hydrogen (secondary N) is 1. The zero-order chi connectivity index (χ0) is 13.4. The first-order valence-corrected chi connectivity index (χ1v) is 6.67. The Morgan fingerprint density at radius 3 is 2.74 bits per heavy atom. The molecule has 2 aromatic rings. The van der Waals surface area contributed by atoms with Crippen LogP contribution in [-0.4, -0.2) is 9.97 Å². The number of nitrogen functional groups attached to an aromatic ring is 1. The van der Waals surface area contributed by atoms with Crippen molar-refractivity contribution in [1.29, 1.82) is 0 Å². The van der Waals surface area contributed by atoms with E-state index in [2.05, 4.69) is 15.3 Å². The van der Waals surface area contributed by atoms with Gasteiger partial charge in [0.05, 0.1) is 0 Å². The largest absolute Gasteiger partial charge is 0.384 e. The number of hydrogen-bond donors (Lipinski definition) is 2. The van der Waals surface area contributed by atoms with Crippen LogP contribution in [-0.2, 0) is 0 Å². The molecule has 0 amide bonds. The van der Waals surface area contributed by atoms with Crippen molar-refractivity contribution in [3.63, 3.8) is 0 Å². The Hall–Kier alpha value is -1.81. The molecule has 0 aliphatic heterocycles. The van der Waals surface area contributed by atoms with Gasteiger partial charge in [0.1, 0.15) is 17.5 Å². The van der Waals surface area contributed by atoms with E-state index in [1.807, 2.05) is 25.1 Å². The number of hydrogen-bond acceptors (Lipinski definition) is 4. The molecule has 98 valence electrons. The van der Waals surface area contributed by atoms with Gasteiger partial charge in [0.2, 0.25) is 0 Å². The minimum absolute atomic E-state index is 0.477. The van der Waals surface area contributed by atoms with Gasteiger partial charge in [-0.05, 0) is 37.5 Å². The summed E-state index contributed by atoms with van der Waals surface area (Å²) in [6, 6.07) is 7.55. The van der Waals surface area contributed by atoms with E-state index in [-0.39, 0.29) is 0 Å². The molecule has 0 unspecified atom stereocenters. The molecule has 1 aromatic carbocycles. The molecule has 1 heterocycles. The second-order valence-corrected chi connectivity index (χ2v) is 5.31. The van der Waals surface area contributed by atoms with Crippen molar-refractivity contribution in [2.75, 3.05) is 11.1 Å². The third-order valence-corrected chi connectivity index (χ3v) is 3.56. The van der Waals surface area contributed by atoms with E-state index >= 15 is 0 Å². The van der Waals surface area contributed by atoms with Crippen LogP contribution < -0.4 is 11.1 Å². The lowest BCUT2D eigenvalue weighted by molar-refractivity contribution is 0.936. The van der Waals surface area contributed by atoms with Gasteiger partial charge < -0.3 is 11.1 Å². The molecule has 0 spiro atoms. The third-order valence-electron chi connectivity index (χ3n) is 3.15. The lowest BCUT2D eigenvalue weighted by Gasteiger charge is -2.09. The molecule has 1 fully saturated rings. The first-order chi connectivity index (χ1) is 9.11. The van der Waals surface area contributed by atoms with Crippen molar-refractivity contribution in [3.05, 3.63) is 40.7 Å². The first kappa shape index (κ1) is 12.2. The topological polar surface area (TPSA) is 63.8 Å². The SMILES string of the molecule is Cc1ccc(Nc2cc(N)nc(C3CC3)n2)cc1Cl. The van der Waals surface area contributed by atoms with Crippen molar-refractivity contribution in [2.45, 2.75) is 25.7 Å². The summed E-state index contributed by atoms with van der Waals surface area (Å²) in [5.41, 5.74) is 7.76. The molecule has 19 heavy (non-hydrogen) atoms. The molecule has 1 aromatic heterocycles. The van der Waals surface area contributed by atoms with Gasteiger partial charge >= 0.3 is 0 Å². The Balaban J connectivity index is 1.87. The van der Waals surface area contributed by atoms with Gasteiger partial charge in [0, 0.05) is 22.7 Å². The van der Waals surface area contributed by atoms with Crippen LogP contribution in [0.5, 0.6) is 0 Å². The summed E-state index contributed by atoms with van der Waals surface area (Å²) in [4.78, 5) is 8.77. The van der Waals surface area contributed by atoms with Crippen molar-refractivity contribution in [3.8, 4) is 0 Å². The number of anilines is 3. The zero-order valence-electron chi connectivity index (χ0n) is 10.7. The van der Waals surface area contributed by atoms with E-state index < -0.39 is 0 Å². The summed E-state index contributed by atoms with van der Waals surface area (Å²) < 4.78 is 0. The maximum absolute atomic E-state index is 6.11. The molecule has 4 nitrogen and oxygen atoms in total. The fourth-order valence-corrected chi connectivity index (χ4v) is 2.07. The Labute approximate surface area is 117 Å². The summed E-state index contributed by atoms with van der Waals surface area (Å²) in [6.45, 7) is 1.97. The van der Waals surface area contributed by atoms with Crippen molar-refractivity contribution in [1.82, 2.24) is 9.97 Å². The number of aryl methyl sites for hydroxylation is 1. The Morgan fingerprint density at radius 1 is 1.26 bits per heavy atom. The van der Waals surface area contributed by atoms with E-state index in [0.717, 1.165) is 34.9 Å². The first-order valence-electron chi connectivity index (χ1n) is 6.29. The molecule has 5 heteroatoms. The second-order valence-electron chi connectivity index (χ2n) is 4.90. The van der Waals surface area contributed by atoms with E-state index in [0.29, 0.717) is 17.6 Å². The molecule has 1 saturated carbocycles. The molecular weight excluding hydrogens is 260 g/mol. The lowest BCUT2D eigenvalue weighted by atomic mass is 10.2. The van der Waals surface area contributed by atoms with Gasteiger partial charge in [-0.15, -0.1) is 0 Å². The van der Waals surface area contributed by atoms with Crippen molar-refractivity contribution >= 4 is 28.9 Å². The number of aromatic nitrogens is 2. The van der Waals surface area contributed by atoms with Crippen LogP contribution in [0.25, 0.3) is 0 Å². The van der Waals surface area contributed by atoms with E-state index in [9.17, 15) is 0 Å². The summed E-state index contributed by atoms with van der Waals surface area (Å²) in [6.07, 6.45) is 2.30. The lowest BCUT2D eigenvalue weighted by Crippen LogP contribution is -2.02. The standard InChI is InChI=1S/C14H15ClN4/c1-8-2-5-10(6-11(8)15)17-13-7-12(16)18-14(19-13)9-3-4-9/h2,5-7,9H,3-4H2,1H3,(H3,16,17,18,19). The zero-order valence-corrected chi connectivity index (χ0v) is 11.4. The quantitative estimate of drug-likeness (QED) is 0.897. The maximum Gasteiger partial charge on any atom is 0.136 e. The fraction of sp³-hybridized carbons (Fsp3) is 0.286. The summed E-state index contributed by atoms with van der Waals surface area (Å²) >= 11 is 6.11. The van der Waals surface area contributed by atoms with Gasteiger partial charge in [-0.25, -0.2) is 9.97 Å². The molecule has 1 aliphatic carbocycles. The van der Waals surface area contributed by atoms with Crippen LogP contribution in [0.1, 0.15) is 30.1 Å². The number of halogens is 1. The molecule has 3 rings (SSSR count). The van der Waals surface area contributed by atoms with Crippen LogP contribution in [0.15, 0.2) is 24.3 Å². The average molecular weight is 275 g/mol. The minimum Gasteiger partial charge on any atom is -0.384 e. The van der Waals surface area contributed by atoms with Gasteiger partial charge in [-0.3, -0.25) is 0 Å². The predicted octanol–water partition coefficient (Wildman–Crippen LogP) is 3.64. The number of rotatable bonds is 3. The van der Waals surface area contributed by atoms with Crippen LogP contribution in [0.3, 0.4) is 0 Å². The van der Waals surface area contributed by atoms with Gasteiger partial charge in [0.25, 0.3) is 0 Å². The summed E-state index contributed by atoms with van der Waals surface area (Å²) in [5.74, 6) is 2.53. The number of nitrogens with zero attached hydrogens (tertiary/aromatic N) is 2. The molecule has 1 aliphatic rings. The number of nitrogens with two attached hydrogens (primary N) is 1. The highest BCUT2D eigenvalue weighted by Crippen LogP contribution is 2.38. The highest BCUT2D eigenvalue weighted by atomic mass is 35.5. The molecule has 0 atom stereocenters. The highest BCUT2D eigenvalue weighted by molar-refractivity contribution is 6.31. The number of benzene rings is 1. The van der Waals surface area contributed by atoms with Gasteiger partial charge in [-0.2, -0.15) is 0 Å². The van der Waals surface area contributed by atoms with Crippen molar-refractivity contribution in [2.24, 2.45) is 0 Å². The van der Waals surface area contributed by atoms with Gasteiger partial charge in [0.15, 0.2) is 0 Å². The van der Waals surface area contributed by atoms with Crippen LogP contribution in [0.2, 0.25) is 5.02 Å². The monoisotopic (exact) mass is 274 g/mol.